The first-order valence-electron chi connectivity index (χ1n) is 13.7. The van der Waals surface area contributed by atoms with E-state index in [0.717, 1.165) is 67.5 Å². The number of hydrogen-bond donors (Lipinski definition) is 1. The molecule has 0 saturated heterocycles. The second-order valence-corrected chi connectivity index (χ2v) is 11.0. The fourth-order valence-electron chi connectivity index (χ4n) is 6.84. The molecule has 0 aromatic heterocycles. The lowest BCUT2D eigenvalue weighted by molar-refractivity contribution is 0.105. The first-order valence-corrected chi connectivity index (χ1v) is 13.7. The summed E-state index contributed by atoms with van der Waals surface area (Å²) in [6.07, 6.45) is 6.75. The molecular weight excluding hydrogens is 510 g/mol. The Morgan fingerprint density at radius 1 is 0.902 bits per heavy atom. The van der Waals surface area contributed by atoms with Crippen LogP contribution in [0.2, 0.25) is 0 Å². The van der Waals surface area contributed by atoms with Gasteiger partial charge in [0.1, 0.15) is 22.8 Å². The molecule has 5 aromatic carbocycles. The molecule has 2 aliphatic heterocycles. The summed E-state index contributed by atoms with van der Waals surface area (Å²) in [5, 5.41) is 23.1. The van der Waals surface area contributed by atoms with Gasteiger partial charge in [-0.2, -0.15) is 0 Å². The standard InChI is InChI=1S/C36H25NO4/c1-35(38)30-10-6-5-9-26(30)32-28-19-22-16-18-39-31(22)20-29(28)34-27(33(32)35)15-17-36(41-34,23-7-3-2-4-8-23)24-11-13-25(14-12-24)40-21-37/h2-15,17,19-20,38H,16,18H2,1H3. The van der Waals surface area contributed by atoms with E-state index in [1.807, 2.05) is 55.5 Å². The Balaban J connectivity index is 1.44. The Bertz CT molecular complexity index is 1950. The molecule has 198 valence electrons. The van der Waals surface area contributed by atoms with Crippen molar-refractivity contribution < 1.29 is 19.3 Å². The van der Waals surface area contributed by atoms with E-state index in [0.29, 0.717) is 18.1 Å². The maximum absolute atomic E-state index is 12.1. The average molecular weight is 536 g/mol. The van der Waals surface area contributed by atoms with E-state index >= 15 is 0 Å². The van der Waals surface area contributed by atoms with Crippen molar-refractivity contribution in [2.75, 3.05) is 6.61 Å². The summed E-state index contributed by atoms with van der Waals surface area (Å²) in [7, 11) is 0. The van der Waals surface area contributed by atoms with Gasteiger partial charge in [-0.3, -0.25) is 0 Å². The molecule has 41 heavy (non-hydrogen) atoms. The van der Waals surface area contributed by atoms with Gasteiger partial charge in [0.25, 0.3) is 6.26 Å². The third kappa shape index (κ3) is 3.26. The van der Waals surface area contributed by atoms with Gasteiger partial charge >= 0.3 is 0 Å². The second kappa shape index (κ2) is 8.47. The van der Waals surface area contributed by atoms with Crippen LogP contribution in [0.25, 0.3) is 28.0 Å². The van der Waals surface area contributed by atoms with Gasteiger partial charge in [0.15, 0.2) is 5.60 Å². The van der Waals surface area contributed by atoms with E-state index in [9.17, 15) is 5.11 Å². The molecule has 5 nitrogen and oxygen atoms in total. The van der Waals surface area contributed by atoms with Crippen molar-refractivity contribution in [3.8, 4) is 34.6 Å². The monoisotopic (exact) mass is 535 g/mol. The number of ether oxygens (including phenoxy) is 3. The molecule has 2 heterocycles. The van der Waals surface area contributed by atoms with Crippen LogP contribution in [0.4, 0.5) is 0 Å². The zero-order chi connectivity index (χ0) is 27.8. The number of aliphatic hydroxyl groups is 1. The lowest BCUT2D eigenvalue weighted by Crippen LogP contribution is -2.35. The highest BCUT2D eigenvalue weighted by atomic mass is 16.5. The number of benzene rings is 5. The van der Waals surface area contributed by atoms with Gasteiger partial charge in [-0.1, -0.05) is 72.8 Å². The largest absolute Gasteiger partial charge is 0.493 e. The fraction of sp³-hybridized carbons (Fsp3) is 0.139. The van der Waals surface area contributed by atoms with Gasteiger partial charge in [0.05, 0.1) is 6.61 Å². The molecule has 8 rings (SSSR count). The molecule has 1 aliphatic carbocycles. The van der Waals surface area contributed by atoms with Gasteiger partial charge in [-0.05, 0) is 64.9 Å². The van der Waals surface area contributed by atoms with Crippen molar-refractivity contribution >= 4 is 16.8 Å². The predicted molar refractivity (Wildman–Crippen MR) is 157 cm³/mol. The average Bonchev–Trinajstić information content (AvgIpc) is 3.57. The van der Waals surface area contributed by atoms with E-state index in [1.54, 1.807) is 18.4 Å². The van der Waals surface area contributed by atoms with Crippen molar-refractivity contribution in [2.24, 2.45) is 0 Å². The molecular formula is C36H25NO4. The smallest absolute Gasteiger partial charge is 0.292 e. The number of hydrogen-bond acceptors (Lipinski definition) is 5. The molecule has 2 atom stereocenters. The van der Waals surface area contributed by atoms with Gasteiger partial charge in [-0.15, -0.1) is 5.26 Å². The minimum absolute atomic E-state index is 0.462. The summed E-state index contributed by atoms with van der Waals surface area (Å²) in [5.41, 5.74) is 5.55. The van der Waals surface area contributed by atoms with E-state index in [1.165, 1.54) is 0 Å². The molecule has 0 bridgehead atoms. The normalized spacial score (nSPS) is 21.2. The molecule has 0 saturated carbocycles. The highest BCUT2D eigenvalue weighted by Crippen LogP contribution is 2.58. The van der Waals surface area contributed by atoms with Crippen LogP contribution in [0, 0.1) is 11.5 Å². The number of fused-ring (bicyclic) bond motifs is 9. The number of rotatable bonds is 3. The third-order valence-corrected chi connectivity index (χ3v) is 8.71. The van der Waals surface area contributed by atoms with Crippen LogP contribution in [-0.2, 0) is 17.6 Å². The molecule has 0 spiro atoms. The Hall–Kier alpha value is -5.05. The van der Waals surface area contributed by atoms with Crippen LogP contribution in [-0.4, -0.2) is 11.7 Å². The minimum Gasteiger partial charge on any atom is -0.493 e. The predicted octanol–water partition coefficient (Wildman–Crippen LogP) is 7.22. The summed E-state index contributed by atoms with van der Waals surface area (Å²) in [6.45, 7) is 2.53. The van der Waals surface area contributed by atoms with Crippen LogP contribution in [0.5, 0.6) is 17.2 Å². The Kier molecular flexibility index (Phi) is 4.92. The lowest BCUT2D eigenvalue weighted by atomic mass is 9.80. The topological polar surface area (TPSA) is 71.7 Å². The number of nitrogens with zero attached hydrogens (tertiary/aromatic N) is 1. The zero-order valence-corrected chi connectivity index (χ0v) is 22.3. The molecule has 5 heteroatoms. The first-order chi connectivity index (χ1) is 20.0. The highest BCUT2D eigenvalue weighted by molar-refractivity contribution is 6.09. The van der Waals surface area contributed by atoms with Crippen molar-refractivity contribution in [1.82, 2.24) is 0 Å². The summed E-state index contributed by atoms with van der Waals surface area (Å²) in [5.74, 6) is 2.04. The fourth-order valence-corrected chi connectivity index (χ4v) is 6.84. The van der Waals surface area contributed by atoms with E-state index in [4.69, 9.17) is 19.5 Å². The Morgan fingerprint density at radius 2 is 1.66 bits per heavy atom. The van der Waals surface area contributed by atoms with Crippen LogP contribution in [0.1, 0.15) is 40.3 Å². The van der Waals surface area contributed by atoms with Gasteiger partial charge in [-0.25, -0.2) is 0 Å². The Labute approximate surface area is 237 Å². The van der Waals surface area contributed by atoms with E-state index < -0.39 is 11.2 Å². The molecule has 5 aromatic rings. The van der Waals surface area contributed by atoms with E-state index in [-0.39, 0.29) is 0 Å². The summed E-state index contributed by atoms with van der Waals surface area (Å²) < 4.78 is 18.3. The first kappa shape index (κ1) is 23.8. The second-order valence-electron chi connectivity index (χ2n) is 11.0. The summed E-state index contributed by atoms with van der Waals surface area (Å²) in [6, 6.07) is 29.9. The van der Waals surface area contributed by atoms with Gasteiger partial charge < -0.3 is 19.3 Å². The van der Waals surface area contributed by atoms with Crippen LogP contribution >= 0.6 is 0 Å². The van der Waals surface area contributed by atoms with Crippen LogP contribution < -0.4 is 14.2 Å². The summed E-state index contributed by atoms with van der Waals surface area (Å²) in [4.78, 5) is 0. The summed E-state index contributed by atoms with van der Waals surface area (Å²) >= 11 is 0. The van der Waals surface area contributed by atoms with Gasteiger partial charge in [0.2, 0.25) is 0 Å². The quantitative estimate of drug-likeness (QED) is 0.247. The lowest BCUT2D eigenvalue weighted by Gasteiger charge is -2.38. The van der Waals surface area contributed by atoms with E-state index in [2.05, 4.69) is 42.5 Å². The highest BCUT2D eigenvalue weighted by Gasteiger charge is 2.45. The molecule has 3 aliphatic rings. The zero-order valence-electron chi connectivity index (χ0n) is 22.3. The number of nitriles is 1. The van der Waals surface area contributed by atoms with Gasteiger partial charge in [0, 0.05) is 34.1 Å². The van der Waals surface area contributed by atoms with Crippen molar-refractivity contribution in [3.63, 3.8) is 0 Å². The third-order valence-electron chi connectivity index (χ3n) is 8.71. The van der Waals surface area contributed by atoms with Crippen LogP contribution in [0.3, 0.4) is 0 Å². The maximum Gasteiger partial charge on any atom is 0.292 e. The SMILES string of the molecule is CC1(O)c2ccccc2-c2c1c1c(c3cc4c(cc23)CCO4)OC(c2ccccc2)(c2ccc(OC#N)cc2)C=C1. The van der Waals surface area contributed by atoms with Crippen molar-refractivity contribution in [3.05, 3.63) is 130 Å². The molecule has 1 N–H and O–H groups in total. The molecule has 0 radical (unpaired) electrons. The van der Waals surface area contributed by atoms with Crippen LogP contribution in [0.15, 0.2) is 97.1 Å². The van der Waals surface area contributed by atoms with Crippen molar-refractivity contribution in [1.29, 1.82) is 5.26 Å². The van der Waals surface area contributed by atoms with Crippen molar-refractivity contribution in [2.45, 2.75) is 24.5 Å². The minimum atomic E-state index is -1.20. The molecule has 0 amide bonds. The maximum atomic E-state index is 12.1. The molecule has 2 unspecified atom stereocenters. The molecule has 0 fully saturated rings. The Morgan fingerprint density at radius 3 is 2.46 bits per heavy atom.